The van der Waals surface area contributed by atoms with Crippen molar-refractivity contribution in [1.29, 1.82) is 0 Å². The maximum Gasteiger partial charge on any atom is 0.253 e. The highest BCUT2D eigenvalue weighted by molar-refractivity contribution is 6.35. The van der Waals surface area contributed by atoms with E-state index in [2.05, 4.69) is 10.6 Å². The van der Waals surface area contributed by atoms with E-state index >= 15 is 0 Å². The van der Waals surface area contributed by atoms with Crippen LogP contribution in [0.25, 0.3) is 0 Å². The van der Waals surface area contributed by atoms with Gasteiger partial charge in [0.15, 0.2) is 0 Å². The van der Waals surface area contributed by atoms with Gasteiger partial charge in [-0.15, -0.1) is 0 Å². The number of ether oxygens (including phenoxy) is 1. The molecule has 0 unspecified atom stereocenters. The quantitative estimate of drug-likeness (QED) is 0.664. The molecule has 2 N–H and O–H groups in total. The first-order chi connectivity index (χ1) is 12.5. The third-order valence-corrected chi connectivity index (χ3v) is 4.45. The number of aldehydes is 1. The van der Waals surface area contributed by atoms with Crippen LogP contribution in [0.4, 0.5) is 0 Å². The molecule has 8 nitrogen and oxygen atoms in total. The van der Waals surface area contributed by atoms with Gasteiger partial charge in [0.25, 0.3) is 5.91 Å². The van der Waals surface area contributed by atoms with Crippen LogP contribution >= 0.6 is 11.6 Å². The van der Waals surface area contributed by atoms with E-state index in [-0.39, 0.29) is 35.5 Å². The zero-order valence-electron chi connectivity index (χ0n) is 14.3. The summed E-state index contributed by atoms with van der Waals surface area (Å²) in [4.78, 5) is 48.4. The highest BCUT2D eigenvalue weighted by Crippen LogP contribution is 2.27. The molecule has 1 aromatic carbocycles. The number of amides is 3. The van der Waals surface area contributed by atoms with Crippen LogP contribution in [0.2, 0.25) is 5.02 Å². The maximum atomic E-state index is 12.4. The predicted molar refractivity (Wildman–Crippen MR) is 94.1 cm³/mol. The first-order valence-corrected chi connectivity index (χ1v) is 8.49. The molecule has 0 aliphatic carbocycles. The minimum Gasteiger partial charge on any atom is -0.495 e. The van der Waals surface area contributed by atoms with Crippen LogP contribution in [-0.4, -0.2) is 61.7 Å². The minimum atomic E-state index is -0.625. The molecule has 1 aliphatic heterocycles. The lowest BCUT2D eigenvalue weighted by Crippen LogP contribution is -2.49. The Hall–Kier alpha value is -2.61. The highest BCUT2D eigenvalue weighted by atomic mass is 35.5. The molecule has 26 heavy (non-hydrogen) atoms. The van der Waals surface area contributed by atoms with Crippen LogP contribution in [0.5, 0.6) is 5.75 Å². The van der Waals surface area contributed by atoms with E-state index in [0.717, 1.165) is 0 Å². The van der Waals surface area contributed by atoms with E-state index in [0.29, 0.717) is 31.4 Å². The fourth-order valence-corrected chi connectivity index (χ4v) is 3.08. The first-order valence-electron chi connectivity index (χ1n) is 8.11. The summed E-state index contributed by atoms with van der Waals surface area (Å²) >= 11 is 6.10. The van der Waals surface area contributed by atoms with Gasteiger partial charge in [0.2, 0.25) is 11.8 Å². The number of likely N-dealkylation sites (tertiary alicyclic amines) is 1. The van der Waals surface area contributed by atoms with Gasteiger partial charge in [-0.1, -0.05) is 17.7 Å². The Morgan fingerprint density at radius 2 is 2.12 bits per heavy atom. The van der Waals surface area contributed by atoms with Gasteiger partial charge in [0.05, 0.1) is 30.8 Å². The molecule has 2 rings (SSSR count). The normalized spacial score (nSPS) is 16.1. The van der Waals surface area contributed by atoms with Gasteiger partial charge >= 0.3 is 0 Å². The molecular formula is C17H20ClN3O5. The number of hydrogen-bond acceptors (Lipinski definition) is 5. The van der Waals surface area contributed by atoms with Crippen LogP contribution in [-0.2, 0) is 14.4 Å². The molecule has 3 amide bonds. The smallest absolute Gasteiger partial charge is 0.253 e. The molecule has 1 aromatic rings. The van der Waals surface area contributed by atoms with Gasteiger partial charge in [-0.25, -0.2) is 0 Å². The van der Waals surface area contributed by atoms with Crippen molar-refractivity contribution in [3.05, 3.63) is 28.8 Å². The average Bonchev–Trinajstić information content (AvgIpc) is 3.14. The Balaban J connectivity index is 1.96. The van der Waals surface area contributed by atoms with Crippen molar-refractivity contribution in [3.8, 4) is 5.75 Å². The Morgan fingerprint density at radius 1 is 1.35 bits per heavy atom. The molecular weight excluding hydrogens is 362 g/mol. The van der Waals surface area contributed by atoms with E-state index in [1.807, 2.05) is 0 Å². The summed E-state index contributed by atoms with van der Waals surface area (Å²) in [6.45, 7) is 0.0695. The molecule has 140 valence electrons. The SMILES string of the molecule is COc1cccc(C(=O)NCC(=O)N2CCC[C@H]2C(=O)NCC=O)c1Cl. The van der Waals surface area contributed by atoms with Crippen LogP contribution in [0.15, 0.2) is 18.2 Å². The largest absolute Gasteiger partial charge is 0.495 e. The number of benzene rings is 1. The summed E-state index contributed by atoms with van der Waals surface area (Å²) < 4.78 is 5.06. The summed E-state index contributed by atoms with van der Waals surface area (Å²) in [7, 11) is 1.44. The second kappa shape index (κ2) is 9.19. The fraction of sp³-hybridized carbons (Fsp3) is 0.412. The molecule has 1 atom stereocenters. The monoisotopic (exact) mass is 381 g/mol. The van der Waals surface area contributed by atoms with Gasteiger partial charge in [0.1, 0.15) is 18.1 Å². The molecule has 0 aromatic heterocycles. The van der Waals surface area contributed by atoms with Gasteiger partial charge in [-0.3, -0.25) is 14.4 Å². The van der Waals surface area contributed by atoms with Crippen LogP contribution in [0.3, 0.4) is 0 Å². The van der Waals surface area contributed by atoms with E-state index in [9.17, 15) is 19.2 Å². The standard InChI is InChI=1S/C17H20ClN3O5/c1-26-13-6-2-4-11(15(13)18)16(24)20-10-14(23)21-8-3-5-12(21)17(25)19-7-9-22/h2,4,6,9,12H,3,5,7-8,10H2,1H3,(H,19,25)(H,20,24)/t12-/m0/s1. The predicted octanol–water partition coefficient (Wildman–Crippen LogP) is 0.385. The van der Waals surface area contributed by atoms with Gasteiger partial charge < -0.3 is 25.1 Å². The lowest BCUT2D eigenvalue weighted by molar-refractivity contribution is -0.137. The molecule has 1 aliphatic rings. The molecule has 0 bridgehead atoms. The number of hydrogen-bond donors (Lipinski definition) is 2. The van der Waals surface area contributed by atoms with Crippen molar-refractivity contribution < 1.29 is 23.9 Å². The first kappa shape index (κ1) is 19.7. The number of halogens is 1. The van der Waals surface area contributed by atoms with Crippen molar-refractivity contribution >= 4 is 35.6 Å². The Labute approximate surface area is 155 Å². The van der Waals surface area contributed by atoms with Crippen LogP contribution in [0, 0.1) is 0 Å². The van der Waals surface area contributed by atoms with Crippen molar-refractivity contribution in [1.82, 2.24) is 15.5 Å². The summed E-state index contributed by atoms with van der Waals surface area (Å²) in [5.74, 6) is -0.897. The van der Waals surface area contributed by atoms with Crippen molar-refractivity contribution in [2.75, 3.05) is 26.7 Å². The zero-order chi connectivity index (χ0) is 19.1. The number of nitrogens with one attached hydrogen (secondary N) is 2. The molecule has 0 radical (unpaired) electrons. The van der Waals surface area contributed by atoms with Crippen molar-refractivity contribution in [2.45, 2.75) is 18.9 Å². The highest BCUT2D eigenvalue weighted by Gasteiger charge is 2.33. The molecule has 0 saturated carbocycles. The van der Waals surface area contributed by atoms with Crippen LogP contribution < -0.4 is 15.4 Å². The minimum absolute atomic E-state index is 0.0948. The number of carbonyl (C=O) groups is 4. The summed E-state index contributed by atoms with van der Waals surface area (Å²) in [6, 6.07) is 4.14. The zero-order valence-corrected chi connectivity index (χ0v) is 15.0. The molecule has 1 saturated heterocycles. The summed E-state index contributed by atoms with van der Waals surface area (Å²) in [5, 5.41) is 5.12. The Kier molecular flexibility index (Phi) is 6.97. The van der Waals surface area contributed by atoms with Gasteiger partial charge in [0, 0.05) is 6.54 Å². The number of nitrogens with zero attached hydrogens (tertiary/aromatic N) is 1. The van der Waals surface area contributed by atoms with E-state index in [4.69, 9.17) is 16.3 Å². The second-order valence-electron chi connectivity index (χ2n) is 5.66. The topological polar surface area (TPSA) is 105 Å². The van der Waals surface area contributed by atoms with Crippen molar-refractivity contribution in [3.63, 3.8) is 0 Å². The Bertz CT molecular complexity index is 710. The Morgan fingerprint density at radius 3 is 2.81 bits per heavy atom. The van der Waals surface area contributed by atoms with E-state index < -0.39 is 11.9 Å². The third kappa shape index (κ3) is 4.51. The lowest BCUT2D eigenvalue weighted by atomic mass is 10.2. The fourth-order valence-electron chi connectivity index (χ4n) is 2.79. The van der Waals surface area contributed by atoms with E-state index in [1.165, 1.54) is 18.1 Å². The average molecular weight is 382 g/mol. The van der Waals surface area contributed by atoms with Crippen molar-refractivity contribution in [2.24, 2.45) is 0 Å². The summed E-state index contributed by atoms with van der Waals surface area (Å²) in [5.41, 5.74) is 0.195. The maximum absolute atomic E-state index is 12.4. The molecule has 1 heterocycles. The van der Waals surface area contributed by atoms with Gasteiger partial charge in [-0.2, -0.15) is 0 Å². The molecule has 0 spiro atoms. The number of rotatable bonds is 7. The van der Waals surface area contributed by atoms with E-state index in [1.54, 1.807) is 12.1 Å². The van der Waals surface area contributed by atoms with Crippen LogP contribution in [0.1, 0.15) is 23.2 Å². The van der Waals surface area contributed by atoms with Gasteiger partial charge in [-0.05, 0) is 25.0 Å². The summed E-state index contributed by atoms with van der Waals surface area (Å²) in [6.07, 6.45) is 1.78. The third-order valence-electron chi connectivity index (χ3n) is 4.06. The second-order valence-corrected chi connectivity index (χ2v) is 6.04. The number of carbonyl (C=O) groups excluding carboxylic acids is 4. The lowest BCUT2D eigenvalue weighted by Gasteiger charge is -2.23. The number of methoxy groups -OCH3 is 1. The molecule has 9 heteroatoms. The molecule has 1 fully saturated rings.